The lowest BCUT2D eigenvalue weighted by Gasteiger charge is -2.35. The zero-order valence-corrected chi connectivity index (χ0v) is 18.9. The maximum absolute atomic E-state index is 5.48. The third kappa shape index (κ3) is 5.28. The Morgan fingerprint density at radius 2 is 1.45 bits per heavy atom. The van der Waals surface area contributed by atoms with Crippen molar-refractivity contribution in [3.8, 4) is 17.2 Å². The summed E-state index contributed by atoms with van der Waals surface area (Å²) in [5, 5.41) is 0. The highest BCUT2D eigenvalue weighted by molar-refractivity contribution is 5.59. The Balaban J connectivity index is 0.00000300. The van der Waals surface area contributed by atoms with Crippen molar-refractivity contribution in [1.82, 2.24) is 0 Å². The molecule has 0 amide bonds. The Hall–Kier alpha value is -2.11. The average Bonchev–Trinajstić information content (AvgIpc) is 2.72. The number of rotatable bonds is 7. The number of methoxy groups -OCH3 is 3. The summed E-state index contributed by atoms with van der Waals surface area (Å²) in [4.78, 5) is 4.20. The summed E-state index contributed by atoms with van der Waals surface area (Å²) >= 11 is 0. The smallest absolute Gasteiger partial charge is 0.203 e. The minimum absolute atomic E-state index is 0. The third-order valence-corrected chi connectivity index (χ3v) is 5.72. The lowest BCUT2D eigenvalue weighted by Crippen LogP contribution is -3.15. The zero-order chi connectivity index (χ0) is 20.1. The Bertz CT molecular complexity index is 759. The van der Waals surface area contributed by atoms with Crippen molar-refractivity contribution in [3.63, 3.8) is 0 Å². The van der Waals surface area contributed by atoms with Gasteiger partial charge in [0.1, 0.15) is 0 Å². The molecule has 0 atom stereocenters. The van der Waals surface area contributed by atoms with E-state index >= 15 is 0 Å². The quantitative estimate of drug-likeness (QED) is 0.641. The second-order valence-corrected chi connectivity index (χ2v) is 7.51. The predicted octanol–water partition coefficient (Wildman–Crippen LogP) is -0.719. The van der Waals surface area contributed by atoms with Crippen molar-refractivity contribution in [2.24, 2.45) is 0 Å². The van der Waals surface area contributed by atoms with Gasteiger partial charge in [0.25, 0.3) is 0 Å². The summed E-state index contributed by atoms with van der Waals surface area (Å²) in [6.45, 7) is 10.1. The molecule has 6 heteroatoms. The Labute approximate surface area is 181 Å². The zero-order valence-electron chi connectivity index (χ0n) is 18.2. The van der Waals surface area contributed by atoms with Gasteiger partial charge in [-0.1, -0.05) is 18.2 Å². The molecule has 0 aliphatic carbocycles. The van der Waals surface area contributed by atoms with Crippen LogP contribution in [0.4, 0.5) is 5.69 Å². The van der Waals surface area contributed by atoms with Crippen molar-refractivity contribution in [2.75, 3.05) is 59.0 Å². The molecule has 2 aromatic carbocycles. The minimum Gasteiger partial charge on any atom is -1.00 e. The topological polar surface area (TPSA) is 35.4 Å². The first-order chi connectivity index (χ1) is 13.6. The van der Waals surface area contributed by atoms with Crippen LogP contribution in [-0.4, -0.2) is 54.1 Å². The van der Waals surface area contributed by atoms with Crippen LogP contribution in [-0.2, 0) is 6.42 Å². The van der Waals surface area contributed by atoms with Crippen molar-refractivity contribution in [1.29, 1.82) is 0 Å². The lowest BCUT2D eigenvalue weighted by atomic mass is 10.1. The molecule has 0 saturated carbocycles. The van der Waals surface area contributed by atoms with Crippen LogP contribution < -0.4 is 36.4 Å². The molecule has 1 N–H and O–H groups in total. The van der Waals surface area contributed by atoms with E-state index in [9.17, 15) is 0 Å². The van der Waals surface area contributed by atoms with Crippen molar-refractivity contribution < 1.29 is 31.5 Å². The molecule has 1 fully saturated rings. The third-order valence-electron chi connectivity index (χ3n) is 5.72. The van der Waals surface area contributed by atoms with Crippen LogP contribution in [0.3, 0.4) is 0 Å². The van der Waals surface area contributed by atoms with Gasteiger partial charge in [-0.3, -0.25) is 0 Å². The molecular weight excluding hydrogens is 388 g/mol. The highest BCUT2D eigenvalue weighted by Crippen LogP contribution is 2.38. The van der Waals surface area contributed by atoms with E-state index in [1.807, 2.05) is 0 Å². The average molecular weight is 421 g/mol. The fraction of sp³-hybridized carbons (Fsp3) is 0.478. The van der Waals surface area contributed by atoms with Gasteiger partial charge in [-0.2, -0.15) is 0 Å². The van der Waals surface area contributed by atoms with E-state index in [2.05, 4.69) is 49.1 Å². The van der Waals surface area contributed by atoms with E-state index in [0.29, 0.717) is 5.75 Å². The number of anilines is 1. The second kappa shape index (κ2) is 10.6. The van der Waals surface area contributed by atoms with E-state index in [-0.39, 0.29) is 12.4 Å². The molecule has 2 aromatic rings. The number of para-hydroxylation sites is 1. The first-order valence-electron chi connectivity index (χ1n) is 10.0. The normalized spacial score (nSPS) is 14.3. The Kier molecular flexibility index (Phi) is 8.47. The molecule has 0 spiro atoms. The fourth-order valence-corrected chi connectivity index (χ4v) is 4.20. The summed E-state index contributed by atoms with van der Waals surface area (Å²) in [5.74, 6) is 2.11. The van der Waals surface area contributed by atoms with Crippen molar-refractivity contribution >= 4 is 5.69 Å². The van der Waals surface area contributed by atoms with Gasteiger partial charge in [0.15, 0.2) is 11.5 Å². The highest BCUT2D eigenvalue weighted by atomic mass is 35.5. The molecule has 0 unspecified atom stereocenters. The number of nitrogens with zero attached hydrogens (tertiary/aromatic N) is 1. The molecular formula is C23H33ClN2O3. The molecule has 1 aliphatic rings. The van der Waals surface area contributed by atoms with Gasteiger partial charge in [0, 0.05) is 12.1 Å². The van der Waals surface area contributed by atoms with E-state index in [1.165, 1.54) is 22.4 Å². The number of hydrogen-bond donors (Lipinski definition) is 1. The Morgan fingerprint density at radius 1 is 0.897 bits per heavy atom. The molecule has 0 bridgehead atoms. The summed E-state index contributed by atoms with van der Waals surface area (Å²) < 4.78 is 16.4. The highest BCUT2D eigenvalue weighted by Gasteiger charge is 2.22. The van der Waals surface area contributed by atoms with Crippen LogP contribution >= 0.6 is 0 Å². The van der Waals surface area contributed by atoms with Crippen molar-refractivity contribution in [2.45, 2.75) is 20.3 Å². The number of halogens is 1. The standard InChI is InChI=1S/C23H32N2O3.ClH/c1-17-7-6-8-18(2)22(17)25-13-11-24(12-14-25)10-9-19-15-20(26-3)23(28-5)21(16-19)27-4;/h6-8,15-16H,9-14H2,1-5H3;1H. The van der Waals surface area contributed by atoms with Crippen LogP contribution in [0.25, 0.3) is 0 Å². The fourth-order valence-electron chi connectivity index (χ4n) is 4.20. The van der Waals surface area contributed by atoms with E-state index in [0.717, 1.165) is 50.6 Å². The number of benzene rings is 2. The lowest BCUT2D eigenvalue weighted by molar-refractivity contribution is -0.900. The molecule has 1 heterocycles. The molecule has 160 valence electrons. The maximum atomic E-state index is 5.48. The maximum Gasteiger partial charge on any atom is 0.203 e. The number of nitrogens with one attached hydrogen (secondary N) is 1. The minimum atomic E-state index is 0. The SMILES string of the molecule is COc1cc(CC[NH+]2CCN(c3c(C)cccc3C)CC2)cc(OC)c1OC.[Cl-]. The van der Waals surface area contributed by atoms with Gasteiger partial charge in [0.2, 0.25) is 5.75 Å². The number of quaternary nitrogens is 1. The van der Waals surface area contributed by atoms with Crippen molar-refractivity contribution in [3.05, 3.63) is 47.0 Å². The first-order valence-corrected chi connectivity index (χ1v) is 10.0. The van der Waals surface area contributed by atoms with Gasteiger partial charge in [-0.15, -0.1) is 0 Å². The number of aryl methyl sites for hydroxylation is 2. The second-order valence-electron chi connectivity index (χ2n) is 7.51. The Morgan fingerprint density at radius 3 is 1.93 bits per heavy atom. The summed E-state index contributed by atoms with van der Waals surface area (Å²) in [7, 11) is 4.97. The van der Waals surface area contributed by atoms with Crippen LogP contribution in [0.15, 0.2) is 30.3 Å². The van der Waals surface area contributed by atoms with Gasteiger partial charge >= 0.3 is 0 Å². The molecule has 3 rings (SSSR count). The van der Waals surface area contributed by atoms with Gasteiger partial charge in [-0.05, 0) is 42.7 Å². The van der Waals surface area contributed by atoms with Gasteiger partial charge < -0.3 is 36.4 Å². The van der Waals surface area contributed by atoms with E-state index in [1.54, 1.807) is 26.2 Å². The predicted molar refractivity (Wildman–Crippen MR) is 113 cm³/mol. The van der Waals surface area contributed by atoms with Crippen LogP contribution in [0.1, 0.15) is 16.7 Å². The number of ether oxygens (including phenoxy) is 3. The van der Waals surface area contributed by atoms with Crippen LogP contribution in [0.2, 0.25) is 0 Å². The molecule has 1 saturated heterocycles. The largest absolute Gasteiger partial charge is 1.00 e. The van der Waals surface area contributed by atoms with E-state index < -0.39 is 0 Å². The van der Waals surface area contributed by atoms with E-state index in [4.69, 9.17) is 14.2 Å². The summed E-state index contributed by atoms with van der Waals surface area (Å²) in [5.41, 5.74) is 5.40. The summed E-state index contributed by atoms with van der Waals surface area (Å²) in [6.07, 6.45) is 0.995. The molecule has 0 radical (unpaired) electrons. The van der Waals surface area contributed by atoms with Gasteiger partial charge in [0.05, 0.1) is 54.1 Å². The molecule has 5 nitrogen and oxygen atoms in total. The van der Waals surface area contributed by atoms with Crippen LogP contribution in [0.5, 0.6) is 17.2 Å². The molecule has 1 aliphatic heterocycles. The molecule has 29 heavy (non-hydrogen) atoms. The summed E-state index contributed by atoms with van der Waals surface area (Å²) in [6, 6.07) is 10.7. The first kappa shape index (κ1) is 23.2. The van der Waals surface area contributed by atoms with Crippen LogP contribution in [0, 0.1) is 13.8 Å². The monoisotopic (exact) mass is 420 g/mol. The number of hydrogen-bond acceptors (Lipinski definition) is 4. The number of piperazine rings is 1. The molecule has 0 aromatic heterocycles. The van der Waals surface area contributed by atoms with Gasteiger partial charge in [-0.25, -0.2) is 0 Å².